The molecule has 0 aliphatic heterocycles. The van der Waals surface area contributed by atoms with E-state index in [2.05, 4.69) is 15.1 Å². The topological polar surface area (TPSA) is 127 Å². The van der Waals surface area contributed by atoms with Crippen molar-refractivity contribution in [3.8, 4) is 23.2 Å². The van der Waals surface area contributed by atoms with E-state index in [1.54, 1.807) is 49.4 Å². The highest BCUT2D eigenvalue weighted by Crippen LogP contribution is 2.26. The first-order valence-electron chi connectivity index (χ1n) is 13.5. The van der Waals surface area contributed by atoms with Crippen LogP contribution in [0.2, 0.25) is 0 Å². The van der Waals surface area contributed by atoms with Crippen LogP contribution >= 0.6 is 0 Å². The van der Waals surface area contributed by atoms with E-state index < -0.39 is 17.6 Å². The molecular formula is C33H23F2N5O4. The Morgan fingerprint density at radius 1 is 1.00 bits per heavy atom. The molecule has 0 saturated heterocycles. The van der Waals surface area contributed by atoms with Crippen LogP contribution in [0.5, 0.6) is 5.88 Å². The number of rotatable bonds is 9. The summed E-state index contributed by atoms with van der Waals surface area (Å²) >= 11 is 0. The summed E-state index contributed by atoms with van der Waals surface area (Å²) in [5.74, 6) is -0.707. The van der Waals surface area contributed by atoms with Gasteiger partial charge in [0.1, 0.15) is 35.5 Å². The number of aromatic carboxylic acids is 1. The number of nitriles is 1. The number of benzene rings is 3. The number of carbonyl (C=O) groups is 1. The molecule has 3 aromatic carbocycles. The molecule has 0 bridgehead atoms. The number of hydrogen-bond acceptors (Lipinski definition) is 7. The first-order chi connectivity index (χ1) is 21.3. The van der Waals surface area contributed by atoms with E-state index in [0.717, 1.165) is 6.07 Å². The van der Waals surface area contributed by atoms with Gasteiger partial charge in [-0.2, -0.15) is 5.26 Å². The maximum absolute atomic E-state index is 15.5. The van der Waals surface area contributed by atoms with Gasteiger partial charge < -0.3 is 18.9 Å². The normalized spacial score (nSPS) is 11.0. The molecule has 3 aromatic heterocycles. The van der Waals surface area contributed by atoms with Gasteiger partial charge in [0.25, 0.3) is 0 Å². The summed E-state index contributed by atoms with van der Waals surface area (Å²) in [7, 11) is 0. The first kappa shape index (κ1) is 28.2. The highest BCUT2D eigenvalue weighted by molar-refractivity contribution is 5.92. The zero-order valence-electron chi connectivity index (χ0n) is 23.3. The van der Waals surface area contributed by atoms with Gasteiger partial charge in [-0.25, -0.2) is 23.5 Å². The minimum Gasteiger partial charge on any atom is -0.478 e. The molecule has 11 heteroatoms. The molecule has 0 saturated carbocycles. The molecule has 6 aromatic rings. The van der Waals surface area contributed by atoms with Crippen molar-refractivity contribution in [2.24, 2.45) is 0 Å². The number of hydrogen-bond donors (Lipinski definition) is 1. The molecule has 0 spiro atoms. The summed E-state index contributed by atoms with van der Waals surface area (Å²) in [6, 6.07) is 22.2. The van der Waals surface area contributed by atoms with Crippen LogP contribution in [0.3, 0.4) is 0 Å². The molecule has 3 heterocycles. The molecule has 0 atom stereocenters. The molecule has 0 unspecified atom stereocenters. The van der Waals surface area contributed by atoms with E-state index in [-0.39, 0.29) is 42.1 Å². The molecule has 218 valence electrons. The number of aryl methyl sites for hydroxylation is 1. The van der Waals surface area contributed by atoms with Gasteiger partial charge in [-0.05, 0) is 55.0 Å². The number of halogens is 2. The smallest absolute Gasteiger partial charge is 0.335 e. The van der Waals surface area contributed by atoms with Crippen LogP contribution < -0.4 is 4.74 Å². The third-order valence-electron chi connectivity index (χ3n) is 7.05. The van der Waals surface area contributed by atoms with Crippen molar-refractivity contribution in [1.82, 2.24) is 19.7 Å². The summed E-state index contributed by atoms with van der Waals surface area (Å²) < 4.78 is 42.4. The number of ether oxygens (including phenoxy) is 1. The second-order valence-corrected chi connectivity index (χ2v) is 10.1. The first-order valence-corrected chi connectivity index (χ1v) is 13.5. The van der Waals surface area contributed by atoms with E-state index >= 15 is 4.39 Å². The Hall–Kier alpha value is -5.89. The maximum Gasteiger partial charge on any atom is 0.335 e. The number of fused-ring (bicyclic) bond motifs is 1. The molecular weight excluding hydrogens is 568 g/mol. The highest BCUT2D eigenvalue weighted by atomic mass is 19.1. The third-order valence-corrected chi connectivity index (χ3v) is 7.05. The average Bonchev–Trinajstić information content (AvgIpc) is 3.59. The Morgan fingerprint density at radius 2 is 1.82 bits per heavy atom. The number of nitrogens with zero attached hydrogens (tertiary/aromatic N) is 5. The molecule has 1 N–H and O–H groups in total. The van der Waals surface area contributed by atoms with Crippen molar-refractivity contribution in [2.75, 3.05) is 0 Å². The Balaban J connectivity index is 1.25. The van der Waals surface area contributed by atoms with Gasteiger partial charge in [-0.1, -0.05) is 29.4 Å². The van der Waals surface area contributed by atoms with Gasteiger partial charge in [0.2, 0.25) is 5.88 Å². The summed E-state index contributed by atoms with van der Waals surface area (Å²) in [6.07, 6.45) is 0.132. The molecule has 9 nitrogen and oxygen atoms in total. The second kappa shape index (κ2) is 11.8. The van der Waals surface area contributed by atoms with Crippen molar-refractivity contribution < 1.29 is 27.9 Å². The van der Waals surface area contributed by atoms with E-state index in [1.807, 2.05) is 10.6 Å². The Kier molecular flexibility index (Phi) is 7.56. The van der Waals surface area contributed by atoms with E-state index in [0.29, 0.717) is 45.1 Å². The second-order valence-electron chi connectivity index (χ2n) is 10.1. The van der Waals surface area contributed by atoms with Crippen LogP contribution in [-0.2, 0) is 19.6 Å². The molecule has 0 aliphatic carbocycles. The lowest BCUT2D eigenvalue weighted by Crippen LogP contribution is -2.07. The number of aromatic nitrogens is 4. The standard InChI is InChI=1S/C33H23F2N5O4/c1-19-11-25(39-44-19)17-40-30-14-23(33(41)42)9-10-29(30)37-31(40)15-21-7-8-22(13-27(21)35)28-3-2-4-32(38-28)43-18-24-6-5-20(16-36)12-26(24)34/h2-14H,15,17-18H2,1H3,(H,41,42). The summed E-state index contributed by atoms with van der Waals surface area (Å²) in [6.45, 7) is 1.94. The van der Waals surface area contributed by atoms with Crippen LogP contribution in [0.15, 0.2) is 83.4 Å². The van der Waals surface area contributed by atoms with Gasteiger partial charge in [0.05, 0.1) is 40.5 Å². The van der Waals surface area contributed by atoms with Gasteiger partial charge in [-0.3, -0.25) is 0 Å². The van der Waals surface area contributed by atoms with E-state index in [4.69, 9.17) is 14.5 Å². The largest absolute Gasteiger partial charge is 0.478 e. The minimum absolute atomic E-state index is 0.0931. The van der Waals surface area contributed by atoms with Crippen LogP contribution in [0, 0.1) is 29.9 Å². The summed E-state index contributed by atoms with van der Waals surface area (Å²) in [5, 5.41) is 22.5. The van der Waals surface area contributed by atoms with Crippen molar-refractivity contribution >= 4 is 17.0 Å². The monoisotopic (exact) mass is 591 g/mol. The molecule has 0 radical (unpaired) electrons. The molecule has 44 heavy (non-hydrogen) atoms. The predicted octanol–water partition coefficient (Wildman–Crippen LogP) is 6.46. The Morgan fingerprint density at radius 3 is 2.55 bits per heavy atom. The maximum atomic E-state index is 15.5. The molecule has 6 rings (SSSR count). The fourth-order valence-electron chi connectivity index (χ4n) is 4.83. The zero-order valence-corrected chi connectivity index (χ0v) is 23.3. The van der Waals surface area contributed by atoms with Crippen molar-refractivity contribution in [3.05, 3.63) is 130 Å². The number of carboxylic acid groups (broad SMARTS) is 1. The Bertz CT molecular complexity index is 2080. The lowest BCUT2D eigenvalue weighted by Gasteiger charge is -2.11. The molecule has 0 fully saturated rings. The van der Waals surface area contributed by atoms with Gasteiger partial charge in [-0.15, -0.1) is 0 Å². The van der Waals surface area contributed by atoms with Gasteiger partial charge in [0, 0.05) is 29.7 Å². The number of pyridine rings is 1. The van der Waals surface area contributed by atoms with Crippen LogP contribution in [0.4, 0.5) is 8.78 Å². The lowest BCUT2D eigenvalue weighted by molar-refractivity contribution is 0.0697. The minimum atomic E-state index is -1.07. The fraction of sp³-hybridized carbons (Fsp3) is 0.121. The third kappa shape index (κ3) is 5.87. The van der Waals surface area contributed by atoms with Crippen LogP contribution in [0.1, 0.15) is 44.3 Å². The quantitative estimate of drug-likeness (QED) is 0.203. The van der Waals surface area contributed by atoms with E-state index in [1.165, 1.54) is 30.3 Å². The van der Waals surface area contributed by atoms with Crippen LogP contribution in [-0.4, -0.2) is 30.8 Å². The van der Waals surface area contributed by atoms with Crippen molar-refractivity contribution in [3.63, 3.8) is 0 Å². The summed E-state index contributed by atoms with van der Waals surface area (Å²) in [5.41, 5.74) is 3.73. The number of imidazole rings is 1. The Labute approximate surface area is 249 Å². The lowest BCUT2D eigenvalue weighted by atomic mass is 10.1. The SMILES string of the molecule is Cc1cc(Cn2c(Cc3ccc(-c4cccc(OCc5ccc(C#N)cc5F)n4)cc3F)nc3ccc(C(=O)O)cc32)no1. The van der Waals surface area contributed by atoms with Crippen molar-refractivity contribution in [2.45, 2.75) is 26.5 Å². The molecule has 0 aliphatic rings. The fourth-order valence-corrected chi connectivity index (χ4v) is 4.83. The van der Waals surface area contributed by atoms with Crippen LogP contribution in [0.25, 0.3) is 22.3 Å². The van der Waals surface area contributed by atoms with E-state index in [9.17, 15) is 14.3 Å². The zero-order chi connectivity index (χ0) is 30.8. The predicted molar refractivity (Wildman–Crippen MR) is 155 cm³/mol. The van der Waals surface area contributed by atoms with Crippen molar-refractivity contribution in [1.29, 1.82) is 5.26 Å². The summed E-state index contributed by atoms with van der Waals surface area (Å²) in [4.78, 5) is 20.7. The van der Waals surface area contributed by atoms with Gasteiger partial charge >= 0.3 is 5.97 Å². The number of carboxylic acids is 1. The van der Waals surface area contributed by atoms with Gasteiger partial charge in [0.15, 0.2) is 0 Å². The highest BCUT2D eigenvalue weighted by Gasteiger charge is 2.18. The molecule has 0 amide bonds. The average molecular weight is 592 g/mol.